The van der Waals surface area contributed by atoms with E-state index in [0.717, 1.165) is 12.0 Å². The number of allylic oxidation sites excluding steroid dienone is 3. The van der Waals surface area contributed by atoms with Crippen molar-refractivity contribution < 1.29 is 4.99 Å². The van der Waals surface area contributed by atoms with Crippen molar-refractivity contribution in [2.45, 2.75) is 20.3 Å². The van der Waals surface area contributed by atoms with Crippen molar-refractivity contribution in [1.29, 1.82) is 0 Å². The Hall–Kier alpha value is -0.850. The molecule has 0 bridgehead atoms. The maximum absolute atomic E-state index is 3.88. The lowest BCUT2D eigenvalue weighted by Gasteiger charge is -1.91. The zero-order chi connectivity index (χ0) is 6.85. The Morgan fingerprint density at radius 2 is 2.33 bits per heavy atom. The van der Waals surface area contributed by atoms with Crippen LogP contribution in [0.1, 0.15) is 20.3 Å². The van der Waals surface area contributed by atoms with E-state index in [1.54, 1.807) is 0 Å². The van der Waals surface area contributed by atoms with E-state index in [4.69, 9.17) is 0 Å². The zero-order valence-electron chi connectivity index (χ0n) is 5.99. The van der Waals surface area contributed by atoms with Crippen LogP contribution in [-0.4, -0.2) is 6.21 Å². The molecule has 1 rings (SSSR count). The van der Waals surface area contributed by atoms with Gasteiger partial charge in [-0.05, 0) is 6.42 Å². The lowest BCUT2D eigenvalue weighted by atomic mass is 10.1. The summed E-state index contributed by atoms with van der Waals surface area (Å²) in [7, 11) is 0. The largest absolute Gasteiger partial charge is 0.215 e. The second kappa shape index (κ2) is 2.18. The van der Waals surface area contributed by atoms with Crippen molar-refractivity contribution in [2.24, 2.45) is 0 Å². The minimum Gasteiger partial charge on any atom is -0.215 e. The van der Waals surface area contributed by atoms with Crippen molar-refractivity contribution in [2.75, 3.05) is 0 Å². The molecule has 0 aromatic carbocycles. The first kappa shape index (κ1) is 6.27. The second-order valence-electron chi connectivity index (χ2n) is 2.27. The summed E-state index contributed by atoms with van der Waals surface area (Å²) in [5.41, 5.74) is 3.74. The molecular weight excluding hydrogens is 110 g/mol. The van der Waals surface area contributed by atoms with Gasteiger partial charge in [0.25, 0.3) is 0 Å². The quantitative estimate of drug-likeness (QED) is 0.517. The van der Waals surface area contributed by atoms with Crippen LogP contribution in [-0.2, 0) is 0 Å². The Labute approximate surface area is 55.8 Å². The van der Waals surface area contributed by atoms with Crippen molar-refractivity contribution in [3.63, 3.8) is 0 Å². The van der Waals surface area contributed by atoms with Crippen LogP contribution in [0.3, 0.4) is 0 Å². The molecule has 1 aliphatic rings. The van der Waals surface area contributed by atoms with Crippen molar-refractivity contribution in [3.8, 4) is 0 Å². The lowest BCUT2D eigenvalue weighted by Crippen LogP contribution is -2.63. The van der Waals surface area contributed by atoms with Gasteiger partial charge in [0.2, 0.25) is 0 Å². The van der Waals surface area contributed by atoms with Gasteiger partial charge in [0.05, 0.1) is 0 Å². The molecule has 0 radical (unpaired) electrons. The van der Waals surface area contributed by atoms with Gasteiger partial charge in [0.1, 0.15) is 0 Å². The molecule has 0 spiro atoms. The van der Waals surface area contributed by atoms with Gasteiger partial charge in [0, 0.05) is 18.1 Å². The Kier molecular flexibility index (Phi) is 1.52. The molecule has 0 saturated heterocycles. The SMILES string of the molecule is C=C1C=[NH+]C(C)=C1CC. The van der Waals surface area contributed by atoms with Gasteiger partial charge >= 0.3 is 0 Å². The van der Waals surface area contributed by atoms with E-state index in [2.05, 4.69) is 25.4 Å². The van der Waals surface area contributed by atoms with E-state index in [9.17, 15) is 0 Å². The second-order valence-corrected chi connectivity index (χ2v) is 2.27. The highest BCUT2D eigenvalue weighted by molar-refractivity contribution is 5.81. The molecule has 0 amide bonds. The molecular formula is C8H12N+. The fourth-order valence-electron chi connectivity index (χ4n) is 1.10. The molecule has 0 atom stereocenters. The summed E-state index contributed by atoms with van der Waals surface area (Å²) >= 11 is 0. The summed E-state index contributed by atoms with van der Waals surface area (Å²) in [6.07, 6.45) is 3.03. The molecule has 1 heterocycles. The first-order valence-electron chi connectivity index (χ1n) is 3.24. The monoisotopic (exact) mass is 122 g/mol. The van der Waals surface area contributed by atoms with Crippen LogP contribution in [0.2, 0.25) is 0 Å². The smallest absolute Gasteiger partial charge is 0.180 e. The highest BCUT2D eigenvalue weighted by Crippen LogP contribution is 2.12. The molecule has 1 aliphatic heterocycles. The highest BCUT2D eigenvalue weighted by Gasteiger charge is 2.13. The molecule has 0 unspecified atom stereocenters. The molecule has 1 N–H and O–H groups in total. The van der Waals surface area contributed by atoms with Crippen LogP contribution >= 0.6 is 0 Å². The first-order chi connectivity index (χ1) is 4.25. The predicted octanol–water partition coefficient (Wildman–Crippen LogP) is 0.392. The van der Waals surface area contributed by atoms with Crippen LogP contribution in [0.25, 0.3) is 0 Å². The Bertz CT molecular complexity index is 197. The van der Waals surface area contributed by atoms with Crippen LogP contribution in [0.4, 0.5) is 0 Å². The maximum atomic E-state index is 3.88. The van der Waals surface area contributed by atoms with Gasteiger partial charge in [-0.25, -0.2) is 4.99 Å². The van der Waals surface area contributed by atoms with E-state index in [-0.39, 0.29) is 0 Å². The molecule has 9 heavy (non-hydrogen) atoms. The third-order valence-electron chi connectivity index (χ3n) is 1.66. The van der Waals surface area contributed by atoms with Gasteiger partial charge in [-0.1, -0.05) is 13.5 Å². The summed E-state index contributed by atoms with van der Waals surface area (Å²) in [5.74, 6) is 0. The molecule has 0 aliphatic carbocycles. The van der Waals surface area contributed by atoms with Crippen molar-refractivity contribution >= 4 is 6.21 Å². The van der Waals surface area contributed by atoms with Gasteiger partial charge < -0.3 is 0 Å². The first-order valence-corrected chi connectivity index (χ1v) is 3.24. The summed E-state index contributed by atoms with van der Waals surface area (Å²) < 4.78 is 0. The third-order valence-corrected chi connectivity index (χ3v) is 1.66. The lowest BCUT2D eigenvalue weighted by molar-refractivity contribution is -0.387. The summed E-state index contributed by atoms with van der Waals surface area (Å²) in [5, 5.41) is 0. The molecule has 0 aromatic heterocycles. The number of nitrogens with one attached hydrogen (secondary N) is 1. The zero-order valence-corrected chi connectivity index (χ0v) is 5.99. The summed E-state index contributed by atoms with van der Waals surface area (Å²) in [4.78, 5) is 3.13. The van der Waals surface area contributed by atoms with E-state index < -0.39 is 0 Å². The number of hydrogen-bond donors (Lipinski definition) is 1. The minimum atomic E-state index is 1.08. The van der Waals surface area contributed by atoms with Gasteiger partial charge in [-0.3, -0.25) is 0 Å². The average Bonchev–Trinajstić information content (AvgIpc) is 2.12. The predicted molar refractivity (Wildman–Crippen MR) is 39.2 cm³/mol. The normalized spacial score (nSPS) is 17.8. The topological polar surface area (TPSA) is 14.0 Å². The minimum absolute atomic E-state index is 1.08. The van der Waals surface area contributed by atoms with E-state index >= 15 is 0 Å². The molecule has 48 valence electrons. The molecule has 0 aromatic rings. The molecule has 0 fully saturated rings. The van der Waals surface area contributed by atoms with Crippen LogP contribution < -0.4 is 4.99 Å². The van der Waals surface area contributed by atoms with Crippen molar-refractivity contribution in [3.05, 3.63) is 23.4 Å². The van der Waals surface area contributed by atoms with Crippen LogP contribution in [0.5, 0.6) is 0 Å². The van der Waals surface area contributed by atoms with E-state index in [1.165, 1.54) is 11.3 Å². The fraction of sp³-hybridized carbons (Fsp3) is 0.375. The fourth-order valence-corrected chi connectivity index (χ4v) is 1.10. The average molecular weight is 122 g/mol. The van der Waals surface area contributed by atoms with Crippen LogP contribution in [0.15, 0.2) is 23.4 Å². The number of hydrogen-bond acceptors (Lipinski definition) is 0. The summed E-state index contributed by atoms with van der Waals surface area (Å²) in [6.45, 7) is 8.10. The Balaban J connectivity index is 2.92. The molecule has 0 saturated carbocycles. The van der Waals surface area contributed by atoms with Gasteiger partial charge in [-0.15, -0.1) is 0 Å². The van der Waals surface area contributed by atoms with Gasteiger partial charge in [0.15, 0.2) is 11.9 Å². The number of rotatable bonds is 1. The standard InChI is InChI=1S/C8H11N/c1-4-8-6(2)5-9-7(8)3/h5H,2,4H2,1,3H3/p+1. The molecule has 1 nitrogen and oxygen atoms in total. The van der Waals surface area contributed by atoms with Gasteiger partial charge in [-0.2, -0.15) is 0 Å². The Morgan fingerprint density at radius 1 is 1.67 bits per heavy atom. The molecule has 1 heteroatoms. The van der Waals surface area contributed by atoms with E-state index in [0.29, 0.717) is 0 Å². The highest BCUT2D eigenvalue weighted by atomic mass is 14.7. The summed E-state index contributed by atoms with van der Waals surface area (Å²) in [6, 6.07) is 0. The third kappa shape index (κ3) is 0.947. The van der Waals surface area contributed by atoms with Crippen LogP contribution in [0, 0.1) is 0 Å². The van der Waals surface area contributed by atoms with Crippen molar-refractivity contribution in [1.82, 2.24) is 0 Å². The maximum Gasteiger partial charge on any atom is 0.180 e. The van der Waals surface area contributed by atoms with E-state index in [1.807, 2.05) is 6.21 Å². The Morgan fingerprint density at radius 3 is 2.56 bits per heavy atom.